The molecule has 2 atom stereocenters. The normalized spacial score (nSPS) is 23.6. The van der Waals surface area contributed by atoms with E-state index in [0.717, 1.165) is 25.1 Å². The summed E-state index contributed by atoms with van der Waals surface area (Å²) in [6, 6.07) is 9.20. The quantitative estimate of drug-likeness (QED) is 0.887. The van der Waals surface area contributed by atoms with Crippen molar-refractivity contribution >= 4 is 0 Å². The zero-order valence-corrected chi connectivity index (χ0v) is 12.7. The Balaban J connectivity index is 1.97. The summed E-state index contributed by atoms with van der Waals surface area (Å²) in [5.74, 6) is 1.02. The van der Waals surface area contributed by atoms with Crippen molar-refractivity contribution in [2.75, 3.05) is 6.54 Å². The van der Waals surface area contributed by atoms with Gasteiger partial charge in [0.05, 0.1) is 0 Å². The lowest BCUT2D eigenvalue weighted by Gasteiger charge is -2.21. The van der Waals surface area contributed by atoms with E-state index in [1.165, 1.54) is 12.0 Å². The van der Waals surface area contributed by atoms with Crippen LogP contribution in [0, 0.1) is 0 Å². The van der Waals surface area contributed by atoms with Crippen LogP contribution in [0.25, 0.3) is 0 Å². The maximum Gasteiger partial charge on any atom is 0.120 e. The van der Waals surface area contributed by atoms with E-state index in [0.29, 0.717) is 12.1 Å². The summed E-state index contributed by atoms with van der Waals surface area (Å²) in [5.41, 5.74) is 1.52. The molecular formula is C17H27NO. The molecule has 0 radical (unpaired) electrons. The Labute approximate surface area is 117 Å². The lowest BCUT2D eigenvalue weighted by atomic mass is 9.87. The van der Waals surface area contributed by atoms with Crippen molar-refractivity contribution in [1.29, 1.82) is 0 Å². The number of ether oxygens (including phenoxy) is 1. The third-order valence-corrected chi connectivity index (χ3v) is 3.88. The van der Waals surface area contributed by atoms with Gasteiger partial charge in [0.1, 0.15) is 11.9 Å². The van der Waals surface area contributed by atoms with Gasteiger partial charge in [-0.15, -0.1) is 0 Å². The fourth-order valence-electron chi connectivity index (χ4n) is 2.75. The first-order chi connectivity index (χ1) is 8.99. The van der Waals surface area contributed by atoms with Gasteiger partial charge in [0.25, 0.3) is 0 Å². The Bertz CT molecular complexity index is 408. The van der Waals surface area contributed by atoms with Crippen LogP contribution in [0.3, 0.4) is 0 Å². The summed E-state index contributed by atoms with van der Waals surface area (Å²) < 4.78 is 6.15. The van der Waals surface area contributed by atoms with Crippen LogP contribution in [0.4, 0.5) is 0 Å². The summed E-state index contributed by atoms with van der Waals surface area (Å²) in [6.45, 7) is 9.94. The fraction of sp³-hybridized carbons (Fsp3) is 0.647. The first-order valence-electron chi connectivity index (χ1n) is 7.49. The number of hydrogen-bond donors (Lipinski definition) is 1. The van der Waals surface area contributed by atoms with Crippen LogP contribution in [-0.2, 0) is 5.41 Å². The summed E-state index contributed by atoms with van der Waals surface area (Å²) in [5, 5.41) is 3.52. The van der Waals surface area contributed by atoms with Crippen LogP contribution in [0.5, 0.6) is 5.75 Å². The van der Waals surface area contributed by atoms with Crippen LogP contribution < -0.4 is 10.1 Å². The maximum absolute atomic E-state index is 6.15. The molecule has 0 heterocycles. The summed E-state index contributed by atoms with van der Waals surface area (Å²) in [6.07, 6.45) is 3.90. The fourth-order valence-corrected chi connectivity index (χ4v) is 2.75. The van der Waals surface area contributed by atoms with Gasteiger partial charge in [-0.1, -0.05) is 39.8 Å². The van der Waals surface area contributed by atoms with Crippen LogP contribution >= 0.6 is 0 Å². The Kier molecular flexibility index (Phi) is 4.51. The molecule has 1 aromatic rings. The van der Waals surface area contributed by atoms with Crippen molar-refractivity contribution in [3.05, 3.63) is 29.8 Å². The minimum Gasteiger partial charge on any atom is -0.490 e. The monoisotopic (exact) mass is 261 g/mol. The zero-order valence-electron chi connectivity index (χ0n) is 12.7. The molecule has 1 N–H and O–H groups in total. The van der Waals surface area contributed by atoms with Gasteiger partial charge in [0.15, 0.2) is 0 Å². The third-order valence-electron chi connectivity index (χ3n) is 3.88. The average Bonchev–Trinajstić information content (AvgIpc) is 2.76. The standard InChI is InChI=1S/C17H27NO/c1-5-18-14-9-10-16(12-14)19-15-8-6-7-13(11-15)17(2,3)4/h6-8,11,14,16,18H,5,9-10,12H2,1-4H3. The second kappa shape index (κ2) is 5.96. The summed E-state index contributed by atoms with van der Waals surface area (Å²) >= 11 is 0. The molecule has 0 aromatic heterocycles. The van der Waals surface area contributed by atoms with E-state index in [1.807, 2.05) is 0 Å². The van der Waals surface area contributed by atoms with Crippen molar-refractivity contribution in [2.24, 2.45) is 0 Å². The molecule has 1 aliphatic rings. The largest absolute Gasteiger partial charge is 0.490 e. The van der Waals surface area contributed by atoms with Crippen LogP contribution in [0.2, 0.25) is 0 Å². The van der Waals surface area contributed by atoms with Crippen LogP contribution in [0.1, 0.15) is 52.5 Å². The smallest absolute Gasteiger partial charge is 0.120 e. The molecule has 0 spiro atoms. The molecule has 0 saturated heterocycles. The van der Waals surface area contributed by atoms with Gasteiger partial charge >= 0.3 is 0 Å². The first kappa shape index (κ1) is 14.4. The third kappa shape index (κ3) is 3.97. The predicted molar refractivity (Wildman–Crippen MR) is 80.9 cm³/mol. The van der Waals surface area contributed by atoms with E-state index in [-0.39, 0.29) is 5.41 Å². The van der Waals surface area contributed by atoms with Gasteiger partial charge in [-0.2, -0.15) is 0 Å². The Morgan fingerprint density at radius 2 is 2.05 bits per heavy atom. The molecule has 0 amide bonds. The number of benzene rings is 1. The molecule has 0 bridgehead atoms. The van der Waals surface area contributed by atoms with E-state index in [9.17, 15) is 0 Å². The van der Waals surface area contributed by atoms with Crippen LogP contribution in [-0.4, -0.2) is 18.7 Å². The molecule has 2 rings (SSSR count). The molecule has 2 nitrogen and oxygen atoms in total. The van der Waals surface area contributed by atoms with Gasteiger partial charge in [0.2, 0.25) is 0 Å². The molecule has 0 aliphatic heterocycles. The first-order valence-corrected chi connectivity index (χ1v) is 7.49. The van der Waals surface area contributed by atoms with Crippen molar-refractivity contribution in [3.63, 3.8) is 0 Å². The molecule has 19 heavy (non-hydrogen) atoms. The van der Waals surface area contributed by atoms with Crippen molar-refractivity contribution in [2.45, 2.75) is 64.5 Å². The highest BCUT2D eigenvalue weighted by molar-refractivity contribution is 5.32. The lowest BCUT2D eigenvalue weighted by Crippen LogP contribution is -2.27. The Morgan fingerprint density at radius 3 is 2.74 bits per heavy atom. The van der Waals surface area contributed by atoms with Gasteiger partial charge in [0, 0.05) is 6.04 Å². The second-order valence-corrected chi connectivity index (χ2v) is 6.59. The predicted octanol–water partition coefficient (Wildman–Crippen LogP) is 3.89. The molecule has 1 aromatic carbocycles. The average molecular weight is 261 g/mol. The van der Waals surface area contributed by atoms with E-state index in [1.54, 1.807) is 0 Å². The van der Waals surface area contributed by atoms with Gasteiger partial charge < -0.3 is 10.1 Å². The Morgan fingerprint density at radius 1 is 1.26 bits per heavy atom. The van der Waals surface area contributed by atoms with Crippen molar-refractivity contribution in [3.8, 4) is 5.75 Å². The van der Waals surface area contributed by atoms with E-state index >= 15 is 0 Å². The number of rotatable bonds is 4. The molecule has 2 heteroatoms. The molecule has 2 unspecified atom stereocenters. The topological polar surface area (TPSA) is 21.3 Å². The van der Waals surface area contributed by atoms with E-state index < -0.39 is 0 Å². The van der Waals surface area contributed by atoms with Gasteiger partial charge in [-0.25, -0.2) is 0 Å². The van der Waals surface area contributed by atoms with Gasteiger partial charge in [-0.05, 0) is 48.9 Å². The van der Waals surface area contributed by atoms with Crippen molar-refractivity contribution in [1.82, 2.24) is 5.32 Å². The molecular weight excluding hydrogens is 234 g/mol. The lowest BCUT2D eigenvalue weighted by molar-refractivity contribution is 0.206. The SMILES string of the molecule is CCNC1CCC(Oc2cccc(C(C)(C)C)c2)C1. The van der Waals surface area contributed by atoms with Crippen molar-refractivity contribution < 1.29 is 4.74 Å². The maximum atomic E-state index is 6.15. The number of hydrogen-bond acceptors (Lipinski definition) is 2. The highest BCUT2D eigenvalue weighted by Gasteiger charge is 2.25. The highest BCUT2D eigenvalue weighted by atomic mass is 16.5. The summed E-state index contributed by atoms with van der Waals surface area (Å²) in [7, 11) is 0. The summed E-state index contributed by atoms with van der Waals surface area (Å²) in [4.78, 5) is 0. The molecule has 106 valence electrons. The zero-order chi connectivity index (χ0) is 13.9. The molecule has 1 saturated carbocycles. The molecule has 1 fully saturated rings. The highest BCUT2D eigenvalue weighted by Crippen LogP contribution is 2.29. The Hall–Kier alpha value is -1.02. The second-order valence-electron chi connectivity index (χ2n) is 6.59. The van der Waals surface area contributed by atoms with Crippen LogP contribution in [0.15, 0.2) is 24.3 Å². The van der Waals surface area contributed by atoms with Gasteiger partial charge in [-0.3, -0.25) is 0 Å². The van der Waals surface area contributed by atoms with E-state index in [2.05, 4.69) is 57.3 Å². The molecule has 1 aliphatic carbocycles. The van der Waals surface area contributed by atoms with E-state index in [4.69, 9.17) is 4.74 Å². The minimum atomic E-state index is 0.182. The minimum absolute atomic E-state index is 0.182. The number of nitrogens with one attached hydrogen (secondary N) is 1.